The maximum Gasteiger partial charge on any atom is 0.416 e. The number of rotatable bonds is 6. The van der Waals surface area contributed by atoms with Crippen molar-refractivity contribution in [1.29, 1.82) is 0 Å². The summed E-state index contributed by atoms with van der Waals surface area (Å²) in [4.78, 5) is 37.4. The van der Waals surface area contributed by atoms with Crippen molar-refractivity contribution in [1.82, 2.24) is 4.98 Å². The molecule has 3 rings (SSSR count). The zero-order valence-electron chi connectivity index (χ0n) is 16.1. The highest BCUT2D eigenvalue weighted by atomic mass is 19.4. The number of alkyl halides is 3. The molecule has 0 amide bonds. The van der Waals surface area contributed by atoms with Crippen LogP contribution in [-0.4, -0.2) is 27.1 Å². The van der Waals surface area contributed by atoms with Crippen molar-refractivity contribution >= 4 is 17.8 Å². The molecule has 0 saturated carbocycles. The summed E-state index contributed by atoms with van der Waals surface area (Å²) in [5.41, 5.74) is 2.04. The third-order valence-corrected chi connectivity index (χ3v) is 4.45. The standard InChI is InChI=1S/C21H15F3N2O6/c22-21(23,24)12-5-1-3-10(7-12)9-32-13-6-2-4-11(8-13)14-15(19(28)29)17(25)26-18(27)16(14)20(30)31/h1-8H,9H2,(H,28,29)(H,30,31)(H3,25,26,27). The molecular formula is C21H15F3N2O6. The van der Waals surface area contributed by atoms with Gasteiger partial charge in [0.15, 0.2) is 0 Å². The third kappa shape index (κ3) is 4.56. The highest BCUT2D eigenvalue weighted by Crippen LogP contribution is 2.32. The van der Waals surface area contributed by atoms with E-state index in [0.29, 0.717) is 0 Å². The molecule has 0 aliphatic carbocycles. The molecule has 0 unspecified atom stereocenters. The average Bonchev–Trinajstić information content (AvgIpc) is 2.71. The fourth-order valence-corrected chi connectivity index (χ4v) is 3.08. The van der Waals surface area contributed by atoms with Gasteiger partial charge in [0.1, 0.15) is 29.3 Å². The van der Waals surface area contributed by atoms with Gasteiger partial charge >= 0.3 is 18.1 Å². The zero-order chi connectivity index (χ0) is 23.6. The Morgan fingerprint density at radius 3 is 2.28 bits per heavy atom. The van der Waals surface area contributed by atoms with Crippen LogP contribution in [0, 0.1) is 0 Å². The van der Waals surface area contributed by atoms with Crippen molar-refractivity contribution in [3.8, 4) is 16.9 Å². The summed E-state index contributed by atoms with van der Waals surface area (Å²) >= 11 is 0. The van der Waals surface area contributed by atoms with Crippen LogP contribution in [-0.2, 0) is 12.8 Å². The molecule has 0 aliphatic heterocycles. The van der Waals surface area contributed by atoms with E-state index in [0.717, 1.165) is 12.1 Å². The third-order valence-electron chi connectivity index (χ3n) is 4.45. The molecule has 0 aliphatic rings. The molecule has 32 heavy (non-hydrogen) atoms. The number of hydrogen-bond donors (Lipinski definition) is 4. The van der Waals surface area contributed by atoms with Crippen LogP contribution in [0.2, 0.25) is 0 Å². The number of halogens is 3. The number of nitrogen functional groups attached to an aromatic ring is 1. The van der Waals surface area contributed by atoms with Crippen LogP contribution in [0.1, 0.15) is 31.8 Å². The number of carbonyl (C=O) groups is 2. The van der Waals surface area contributed by atoms with Gasteiger partial charge < -0.3 is 25.7 Å². The molecule has 0 saturated heterocycles. The highest BCUT2D eigenvalue weighted by molar-refractivity contribution is 6.07. The van der Waals surface area contributed by atoms with Crippen LogP contribution < -0.4 is 16.0 Å². The van der Waals surface area contributed by atoms with Gasteiger partial charge in [0.05, 0.1) is 5.56 Å². The molecule has 1 aromatic heterocycles. The molecule has 0 fully saturated rings. The number of aromatic amines is 1. The molecule has 11 heteroatoms. The first kappa shape index (κ1) is 22.4. The molecule has 0 radical (unpaired) electrons. The van der Waals surface area contributed by atoms with Gasteiger partial charge in [-0.15, -0.1) is 0 Å². The molecule has 0 bridgehead atoms. The van der Waals surface area contributed by atoms with Crippen molar-refractivity contribution in [2.45, 2.75) is 12.8 Å². The lowest BCUT2D eigenvalue weighted by atomic mass is 9.95. The van der Waals surface area contributed by atoms with E-state index in [9.17, 15) is 37.8 Å². The minimum Gasteiger partial charge on any atom is -0.489 e. The Balaban J connectivity index is 2.01. The molecule has 0 atom stereocenters. The van der Waals surface area contributed by atoms with Gasteiger partial charge in [-0.1, -0.05) is 24.3 Å². The second-order valence-electron chi connectivity index (χ2n) is 6.62. The van der Waals surface area contributed by atoms with E-state index in [4.69, 9.17) is 10.5 Å². The topological polar surface area (TPSA) is 143 Å². The molecule has 2 aromatic carbocycles. The van der Waals surface area contributed by atoms with Crippen molar-refractivity contribution in [2.24, 2.45) is 0 Å². The number of anilines is 1. The molecule has 8 nitrogen and oxygen atoms in total. The number of ether oxygens (including phenoxy) is 1. The van der Waals surface area contributed by atoms with Gasteiger partial charge in [-0.3, -0.25) is 4.79 Å². The number of nitrogens with two attached hydrogens (primary N) is 1. The Hall–Kier alpha value is -4.28. The lowest BCUT2D eigenvalue weighted by Crippen LogP contribution is -2.24. The molecule has 5 N–H and O–H groups in total. The SMILES string of the molecule is Nc1[nH]c(=O)c(C(=O)O)c(-c2cccc(OCc3cccc(C(F)(F)F)c3)c2)c1C(=O)O. The monoisotopic (exact) mass is 448 g/mol. The summed E-state index contributed by atoms with van der Waals surface area (Å²) in [6.45, 7) is -0.248. The maximum atomic E-state index is 12.9. The predicted octanol–water partition coefficient (Wildman–Crippen LogP) is 3.62. The van der Waals surface area contributed by atoms with Gasteiger partial charge in [0.25, 0.3) is 5.56 Å². The van der Waals surface area contributed by atoms with Gasteiger partial charge in [-0.2, -0.15) is 13.2 Å². The van der Waals surface area contributed by atoms with Crippen molar-refractivity contribution < 1.29 is 37.7 Å². The second kappa shape index (κ2) is 8.46. The van der Waals surface area contributed by atoms with Crippen LogP contribution >= 0.6 is 0 Å². The fourth-order valence-electron chi connectivity index (χ4n) is 3.08. The first-order valence-electron chi connectivity index (χ1n) is 8.90. The Bertz CT molecular complexity index is 1270. The fraction of sp³-hybridized carbons (Fsp3) is 0.0952. The van der Waals surface area contributed by atoms with E-state index in [-0.39, 0.29) is 23.5 Å². The summed E-state index contributed by atoms with van der Waals surface area (Å²) in [7, 11) is 0. The van der Waals surface area contributed by atoms with E-state index < -0.39 is 51.7 Å². The zero-order valence-corrected chi connectivity index (χ0v) is 16.1. The van der Waals surface area contributed by atoms with E-state index in [1.165, 1.54) is 36.4 Å². The van der Waals surface area contributed by atoms with Crippen molar-refractivity contribution in [3.63, 3.8) is 0 Å². The highest BCUT2D eigenvalue weighted by Gasteiger charge is 2.30. The number of aromatic carboxylic acids is 2. The molecular weight excluding hydrogens is 433 g/mol. The van der Waals surface area contributed by atoms with Gasteiger partial charge in [0, 0.05) is 5.56 Å². The Morgan fingerprint density at radius 1 is 1.00 bits per heavy atom. The summed E-state index contributed by atoms with van der Waals surface area (Å²) in [6, 6.07) is 9.97. The number of H-pyrrole nitrogens is 1. The average molecular weight is 448 g/mol. The Morgan fingerprint density at radius 2 is 1.66 bits per heavy atom. The number of carboxylic acids is 2. The van der Waals surface area contributed by atoms with Gasteiger partial charge in [-0.25, -0.2) is 9.59 Å². The summed E-state index contributed by atoms with van der Waals surface area (Å²) in [5.74, 6) is -3.66. The molecule has 166 valence electrons. The molecule has 0 spiro atoms. The largest absolute Gasteiger partial charge is 0.489 e. The Labute approximate surface area is 177 Å². The molecule has 3 aromatic rings. The van der Waals surface area contributed by atoms with Gasteiger partial charge in [-0.05, 0) is 35.4 Å². The number of benzene rings is 2. The van der Waals surface area contributed by atoms with E-state index in [1.54, 1.807) is 0 Å². The quantitative estimate of drug-likeness (QED) is 0.451. The number of carboxylic acid groups (broad SMARTS) is 2. The summed E-state index contributed by atoms with van der Waals surface area (Å²) < 4.78 is 44.1. The van der Waals surface area contributed by atoms with E-state index in [2.05, 4.69) is 0 Å². The number of pyridine rings is 1. The van der Waals surface area contributed by atoms with Crippen LogP contribution in [0.3, 0.4) is 0 Å². The lowest BCUT2D eigenvalue weighted by Gasteiger charge is -2.14. The first-order valence-corrected chi connectivity index (χ1v) is 8.90. The first-order chi connectivity index (χ1) is 15.0. The van der Waals surface area contributed by atoms with Crippen LogP contribution in [0.4, 0.5) is 19.0 Å². The minimum atomic E-state index is -4.52. The lowest BCUT2D eigenvalue weighted by molar-refractivity contribution is -0.137. The number of aromatic nitrogens is 1. The van der Waals surface area contributed by atoms with Crippen LogP contribution in [0.5, 0.6) is 5.75 Å². The van der Waals surface area contributed by atoms with Gasteiger partial charge in [0.2, 0.25) is 0 Å². The predicted molar refractivity (Wildman–Crippen MR) is 107 cm³/mol. The molecule has 1 heterocycles. The van der Waals surface area contributed by atoms with Crippen LogP contribution in [0.15, 0.2) is 53.3 Å². The summed E-state index contributed by atoms with van der Waals surface area (Å²) in [5, 5.41) is 18.9. The normalized spacial score (nSPS) is 11.2. The number of hydrogen-bond acceptors (Lipinski definition) is 5. The smallest absolute Gasteiger partial charge is 0.416 e. The second-order valence-corrected chi connectivity index (χ2v) is 6.62. The van der Waals surface area contributed by atoms with Crippen molar-refractivity contribution in [3.05, 3.63) is 81.1 Å². The minimum absolute atomic E-state index is 0.0131. The maximum absolute atomic E-state index is 12.9. The summed E-state index contributed by atoms with van der Waals surface area (Å²) in [6.07, 6.45) is -4.52. The Kier molecular flexibility index (Phi) is 5.92. The van der Waals surface area contributed by atoms with Crippen LogP contribution in [0.25, 0.3) is 11.1 Å². The van der Waals surface area contributed by atoms with E-state index >= 15 is 0 Å². The van der Waals surface area contributed by atoms with E-state index in [1.807, 2.05) is 4.98 Å². The number of nitrogens with one attached hydrogen (secondary N) is 1. The van der Waals surface area contributed by atoms with Crippen molar-refractivity contribution in [2.75, 3.05) is 5.73 Å².